The van der Waals surface area contributed by atoms with Gasteiger partial charge in [0, 0.05) is 17.7 Å². The van der Waals surface area contributed by atoms with Crippen LogP contribution in [-0.2, 0) is 4.79 Å². The van der Waals surface area contributed by atoms with Crippen LogP contribution in [0.1, 0.15) is 44.6 Å². The molecule has 30 heavy (non-hydrogen) atoms. The summed E-state index contributed by atoms with van der Waals surface area (Å²) >= 11 is 12.9. The number of ether oxygens (including phenoxy) is 2. The van der Waals surface area contributed by atoms with Gasteiger partial charge in [0.15, 0.2) is 5.75 Å². The Hall–Kier alpha value is -1.95. The molecule has 0 saturated carbocycles. The van der Waals surface area contributed by atoms with E-state index >= 15 is 0 Å². The summed E-state index contributed by atoms with van der Waals surface area (Å²) in [7, 11) is 1.65. The predicted octanol–water partition coefficient (Wildman–Crippen LogP) is 6.25. The van der Waals surface area contributed by atoms with E-state index in [-0.39, 0.29) is 11.8 Å². The monoisotopic (exact) mass is 450 g/mol. The molecule has 1 aliphatic rings. The quantitative estimate of drug-likeness (QED) is 0.523. The number of piperidine rings is 1. The maximum absolute atomic E-state index is 12.4. The first-order valence-electron chi connectivity index (χ1n) is 10.2. The average Bonchev–Trinajstić information content (AvgIpc) is 2.71. The molecule has 1 aliphatic heterocycles. The van der Waals surface area contributed by atoms with Gasteiger partial charge >= 0.3 is 0 Å². The zero-order valence-electron chi connectivity index (χ0n) is 17.6. The van der Waals surface area contributed by atoms with Crippen molar-refractivity contribution in [1.82, 2.24) is 5.32 Å². The zero-order valence-corrected chi connectivity index (χ0v) is 19.1. The Balaban J connectivity index is 1.71. The van der Waals surface area contributed by atoms with Gasteiger partial charge in [0.05, 0.1) is 17.2 Å². The minimum absolute atomic E-state index is 0.0405. The highest BCUT2D eigenvalue weighted by Crippen LogP contribution is 2.40. The molecule has 2 N–H and O–H groups in total. The number of anilines is 1. The maximum Gasteiger partial charge on any atom is 0.224 e. The lowest BCUT2D eigenvalue weighted by atomic mass is 9.96. The third-order valence-electron chi connectivity index (χ3n) is 5.20. The van der Waals surface area contributed by atoms with Gasteiger partial charge in [-0.2, -0.15) is 0 Å². The van der Waals surface area contributed by atoms with Crippen molar-refractivity contribution in [1.29, 1.82) is 0 Å². The number of hydrogen-bond acceptors (Lipinski definition) is 4. The molecule has 0 radical (unpaired) electrons. The molecule has 2 aromatic carbocycles. The number of amides is 1. The highest BCUT2D eigenvalue weighted by atomic mass is 35.5. The van der Waals surface area contributed by atoms with Crippen LogP contribution in [0.4, 0.5) is 5.69 Å². The molecule has 0 bridgehead atoms. The van der Waals surface area contributed by atoms with Crippen LogP contribution in [-0.4, -0.2) is 26.1 Å². The Kier molecular flexibility index (Phi) is 7.87. The summed E-state index contributed by atoms with van der Waals surface area (Å²) in [6.07, 6.45) is 2.64. The number of halogens is 2. The first kappa shape index (κ1) is 22.7. The van der Waals surface area contributed by atoms with Crippen LogP contribution < -0.4 is 20.1 Å². The topological polar surface area (TPSA) is 59.6 Å². The predicted molar refractivity (Wildman–Crippen MR) is 122 cm³/mol. The summed E-state index contributed by atoms with van der Waals surface area (Å²) in [6, 6.07) is 8.91. The van der Waals surface area contributed by atoms with E-state index < -0.39 is 0 Å². The van der Waals surface area contributed by atoms with Crippen molar-refractivity contribution in [2.45, 2.75) is 39.0 Å². The van der Waals surface area contributed by atoms with Gasteiger partial charge in [-0.05, 0) is 68.1 Å². The number of benzene rings is 2. The number of methoxy groups -OCH3 is 1. The van der Waals surface area contributed by atoms with Gasteiger partial charge in [0.1, 0.15) is 11.5 Å². The first-order valence-corrected chi connectivity index (χ1v) is 11.0. The van der Waals surface area contributed by atoms with Crippen molar-refractivity contribution < 1.29 is 14.3 Å². The largest absolute Gasteiger partial charge is 0.496 e. The van der Waals surface area contributed by atoms with E-state index in [1.165, 1.54) is 0 Å². The molecule has 1 amide bonds. The van der Waals surface area contributed by atoms with Crippen LogP contribution >= 0.6 is 23.2 Å². The fourth-order valence-electron chi connectivity index (χ4n) is 3.65. The molecule has 5 nitrogen and oxygen atoms in total. The normalized spacial score (nSPS) is 16.4. The van der Waals surface area contributed by atoms with Crippen molar-refractivity contribution in [3.8, 4) is 17.2 Å². The standard InChI is InChI=1S/C23H28Cl2N2O3/c1-14(2)18-12-17(6-7-21(18)29-3)30-23-19(24)10-16(11-20(23)25)27-22(28)9-15-5-4-8-26-13-15/h6-7,10-12,14-15,26H,4-5,8-9,13H2,1-3H3,(H,27,28). The molecule has 1 saturated heterocycles. The molecule has 1 fully saturated rings. The summed E-state index contributed by atoms with van der Waals surface area (Å²) < 4.78 is 11.4. The SMILES string of the molecule is COc1ccc(Oc2c(Cl)cc(NC(=O)CC3CCCNC3)cc2Cl)cc1C(C)C. The maximum atomic E-state index is 12.4. The molecule has 1 heterocycles. The number of hydrogen-bond donors (Lipinski definition) is 2. The van der Waals surface area contributed by atoms with Gasteiger partial charge in [-0.3, -0.25) is 4.79 Å². The lowest BCUT2D eigenvalue weighted by Gasteiger charge is -2.22. The van der Waals surface area contributed by atoms with Gasteiger partial charge < -0.3 is 20.1 Å². The molecular weight excluding hydrogens is 423 g/mol. The van der Waals surface area contributed by atoms with Crippen molar-refractivity contribution in [3.05, 3.63) is 45.9 Å². The van der Waals surface area contributed by atoms with Gasteiger partial charge in [0.25, 0.3) is 0 Å². The molecule has 2 aromatic rings. The average molecular weight is 451 g/mol. The highest BCUT2D eigenvalue weighted by Gasteiger charge is 2.18. The van der Waals surface area contributed by atoms with Gasteiger partial charge in [-0.1, -0.05) is 37.0 Å². The minimum atomic E-state index is -0.0405. The first-order chi connectivity index (χ1) is 14.4. The summed E-state index contributed by atoms with van der Waals surface area (Å²) in [5, 5.41) is 6.88. The summed E-state index contributed by atoms with van der Waals surface area (Å²) in [5.41, 5.74) is 1.59. The summed E-state index contributed by atoms with van der Waals surface area (Å²) in [5.74, 6) is 2.36. The summed E-state index contributed by atoms with van der Waals surface area (Å²) in [4.78, 5) is 12.4. The minimum Gasteiger partial charge on any atom is -0.496 e. The fraction of sp³-hybridized carbons (Fsp3) is 0.435. The molecule has 0 spiro atoms. The number of nitrogens with one attached hydrogen (secondary N) is 2. The smallest absolute Gasteiger partial charge is 0.224 e. The van der Waals surface area contributed by atoms with Crippen LogP contribution in [0, 0.1) is 5.92 Å². The molecule has 1 unspecified atom stereocenters. The van der Waals surface area contributed by atoms with Crippen molar-refractivity contribution in [3.63, 3.8) is 0 Å². The van der Waals surface area contributed by atoms with E-state index in [0.29, 0.717) is 39.6 Å². The van der Waals surface area contributed by atoms with Crippen LogP contribution in [0.25, 0.3) is 0 Å². The zero-order chi connectivity index (χ0) is 21.7. The number of carbonyl (C=O) groups is 1. The van der Waals surface area contributed by atoms with E-state index in [4.69, 9.17) is 32.7 Å². The van der Waals surface area contributed by atoms with Crippen LogP contribution in [0.2, 0.25) is 10.0 Å². The van der Waals surface area contributed by atoms with Crippen molar-refractivity contribution >= 4 is 34.8 Å². The Morgan fingerprint density at radius 1 is 1.23 bits per heavy atom. The highest BCUT2D eigenvalue weighted by molar-refractivity contribution is 6.37. The molecule has 0 aliphatic carbocycles. The molecule has 0 aromatic heterocycles. The van der Waals surface area contributed by atoms with Crippen molar-refractivity contribution in [2.75, 3.05) is 25.5 Å². The Morgan fingerprint density at radius 2 is 1.97 bits per heavy atom. The van der Waals surface area contributed by atoms with E-state index in [1.807, 2.05) is 18.2 Å². The molecule has 3 rings (SSSR count). The van der Waals surface area contributed by atoms with Gasteiger partial charge in [-0.15, -0.1) is 0 Å². The summed E-state index contributed by atoms with van der Waals surface area (Å²) in [6.45, 7) is 6.07. The van der Waals surface area contributed by atoms with Crippen LogP contribution in [0.15, 0.2) is 30.3 Å². The molecule has 7 heteroatoms. The molecular formula is C23H28Cl2N2O3. The van der Waals surface area contributed by atoms with Crippen LogP contribution in [0.3, 0.4) is 0 Å². The second-order valence-electron chi connectivity index (χ2n) is 7.89. The third kappa shape index (κ3) is 5.81. The Labute approximate surface area is 188 Å². The lowest BCUT2D eigenvalue weighted by molar-refractivity contribution is -0.117. The second-order valence-corrected chi connectivity index (χ2v) is 8.71. The Bertz CT molecular complexity index is 873. The molecule has 1 atom stereocenters. The Morgan fingerprint density at radius 3 is 2.57 bits per heavy atom. The fourth-order valence-corrected chi connectivity index (χ4v) is 4.21. The third-order valence-corrected chi connectivity index (χ3v) is 5.76. The number of carbonyl (C=O) groups excluding carboxylic acids is 1. The second kappa shape index (κ2) is 10.4. The van der Waals surface area contributed by atoms with Crippen LogP contribution in [0.5, 0.6) is 17.2 Å². The van der Waals surface area contributed by atoms with Crippen molar-refractivity contribution in [2.24, 2.45) is 5.92 Å². The number of rotatable bonds is 7. The van der Waals surface area contributed by atoms with E-state index in [2.05, 4.69) is 24.5 Å². The van der Waals surface area contributed by atoms with E-state index in [9.17, 15) is 4.79 Å². The van der Waals surface area contributed by atoms with E-state index in [0.717, 1.165) is 37.2 Å². The van der Waals surface area contributed by atoms with Gasteiger partial charge in [0.2, 0.25) is 5.91 Å². The van der Waals surface area contributed by atoms with Gasteiger partial charge in [-0.25, -0.2) is 0 Å². The van der Waals surface area contributed by atoms with E-state index in [1.54, 1.807) is 19.2 Å². The molecule has 162 valence electrons. The lowest BCUT2D eigenvalue weighted by Crippen LogP contribution is -2.32.